The van der Waals surface area contributed by atoms with Gasteiger partial charge in [-0.1, -0.05) is 0 Å². The van der Waals surface area contributed by atoms with Gasteiger partial charge in [-0.25, -0.2) is 9.59 Å². The molecule has 1 atom stereocenters. The lowest BCUT2D eigenvalue weighted by Gasteiger charge is -2.15. The van der Waals surface area contributed by atoms with Crippen LogP contribution in [-0.4, -0.2) is 46.3 Å². The number of β-amino-alcohol motifs (C(OH)–C–C–N with tert-alkyl or cyclic N) is 1. The molecule has 17 heavy (non-hydrogen) atoms. The molecule has 1 aromatic rings. The third-order valence-corrected chi connectivity index (χ3v) is 3.40. The molecule has 92 valence electrons. The molecule has 0 radical (unpaired) electrons. The summed E-state index contributed by atoms with van der Waals surface area (Å²) in [6.07, 6.45) is 0.0759. The zero-order valence-electron chi connectivity index (χ0n) is 8.92. The number of likely N-dealkylation sites (tertiary alicyclic amines) is 1. The molecule has 1 aromatic heterocycles. The molecule has 1 fully saturated rings. The van der Waals surface area contributed by atoms with E-state index in [2.05, 4.69) is 5.32 Å². The van der Waals surface area contributed by atoms with E-state index in [1.165, 1.54) is 11.0 Å². The molecule has 0 aliphatic carbocycles. The van der Waals surface area contributed by atoms with E-state index in [4.69, 9.17) is 5.11 Å². The smallest absolute Gasteiger partial charge is 0.338 e. The first-order valence-electron chi connectivity index (χ1n) is 5.12. The number of urea groups is 1. The van der Waals surface area contributed by atoms with Crippen LogP contribution in [0, 0.1) is 0 Å². The van der Waals surface area contributed by atoms with Gasteiger partial charge in [0.05, 0.1) is 11.7 Å². The number of thiophene rings is 1. The maximum atomic E-state index is 11.8. The lowest BCUT2D eigenvalue weighted by atomic mass is 10.3. The fraction of sp³-hybridized carbons (Fsp3) is 0.400. The van der Waals surface area contributed by atoms with Crippen molar-refractivity contribution in [3.8, 4) is 0 Å². The lowest BCUT2D eigenvalue weighted by molar-refractivity contribution is 0.0698. The van der Waals surface area contributed by atoms with Crippen LogP contribution in [0.4, 0.5) is 9.80 Å². The van der Waals surface area contributed by atoms with Crippen molar-refractivity contribution in [2.45, 2.75) is 12.5 Å². The van der Waals surface area contributed by atoms with Crippen molar-refractivity contribution in [1.29, 1.82) is 0 Å². The molecule has 0 bridgehead atoms. The van der Waals surface area contributed by atoms with Crippen LogP contribution in [-0.2, 0) is 0 Å². The van der Waals surface area contributed by atoms with Crippen LogP contribution in [0.25, 0.3) is 0 Å². The first-order chi connectivity index (χ1) is 8.08. The minimum absolute atomic E-state index is 0.0862. The molecule has 2 heterocycles. The van der Waals surface area contributed by atoms with Gasteiger partial charge in [-0.15, -0.1) is 11.3 Å². The number of nitrogens with one attached hydrogen (secondary N) is 1. The van der Waals surface area contributed by atoms with E-state index < -0.39 is 12.1 Å². The summed E-state index contributed by atoms with van der Waals surface area (Å²) in [5, 5.41) is 22.7. The lowest BCUT2D eigenvalue weighted by Crippen LogP contribution is -2.33. The number of carboxylic acids is 1. The number of amides is 2. The molecule has 1 saturated heterocycles. The summed E-state index contributed by atoms with van der Waals surface area (Å²) in [4.78, 5) is 24.1. The van der Waals surface area contributed by atoms with Crippen LogP contribution in [0.2, 0.25) is 0 Å². The van der Waals surface area contributed by atoms with Gasteiger partial charge in [-0.3, -0.25) is 5.32 Å². The molecular weight excluding hydrogens is 244 g/mol. The van der Waals surface area contributed by atoms with Crippen LogP contribution < -0.4 is 5.32 Å². The Hall–Kier alpha value is -1.60. The van der Waals surface area contributed by atoms with Crippen LogP contribution >= 0.6 is 11.3 Å². The van der Waals surface area contributed by atoms with Crippen LogP contribution in [0.15, 0.2) is 11.4 Å². The summed E-state index contributed by atoms with van der Waals surface area (Å²) in [5.41, 5.74) is 0.0862. The quantitative estimate of drug-likeness (QED) is 0.737. The summed E-state index contributed by atoms with van der Waals surface area (Å²) in [6, 6.07) is 1.08. The fourth-order valence-corrected chi connectivity index (χ4v) is 2.45. The molecule has 0 aromatic carbocycles. The zero-order chi connectivity index (χ0) is 12.4. The highest BCUT2D eigenvalue weighted by molar-refractivity contribution is 7.14. The highest BCUT2D eigenvalue weighted by atomic mass is 32.1. The second kappa shape index (κ2) is 4.72. The van der Waals surface area contributed by atoms with Crippen LogP contribution in [0.3, 0.4) is 0 Å². The van der Waals surface area contributed by atoms with Gasteiger partial charge in [0.15, 0.2) is 0 Å². The van der Waals surface area contributed by atoms with E-state index in [0.717, 1.165) is 11.3 Å². The van der Waals surface area contributed by atoms with E-state index >= 15 is 0 Å². The van der Waals surface area contributed by atoms with Gasteiger partial charge in [-0.05, 0) is 17.9 Å². The van der Waals surface area contributed by atoms with E-state index in [9.17, 15) is 14.7 Å². The first kappa shape index (κ1) is 11.9. The molecular formula is C10H12N2O4S. The number of rotatable bonds is 2. The third kappa shape index (κ3) is 2.56. The molecule has 1 aliphatic rings. The van der Waals surface area contributed by atoms with Crippen molar-refractivity contribution < 1.29 is 19.8 Å². The summed E-state index contributed by atoms with van der Waals surface area (Å²) < 4.78 is 0. The van der Waals surface area contributed by atoms with Crippen LogP contribution in [0.1, 0.15) is 16.8 Å². The predicted octanol–water partition coefficient (Wildman–Crippen LogP) is 1.04. The van der Waals surface area contributed by atoms with E-state index in [1.807, 2.05) is 0 Å². The van der Waals surface area contributed by atoms with Crippen molar-refractivity contribution in [3.63, 3.8) is 0 Å². The number of hydrogen-bond donors (Lipinski definition) is 3. The van der Waals surface area contributed by atoms with Gasteiger partial charge in [0.1, 0.15) is 5.00 Å². The van der Waals surface area contributed by atoms with Gasteiger partial charge in [-0.2, -0.15) is 0 Å². The van der Waals surface area contributed by atoms with E-state index in [-0.39, 0.29) is 11.6 Å². The van der Waals surface area contributed by atoms with Gasteiger partial charge in [0.2, 0.25) is 0 Å². The van der Waals surface area contributed by atoms with Crippen molar-refractivity contribution in [3.05, 3.63) is 17.0 Å². The highest BCUT2D eigenvalue weighted by Gasteiger charge is 2.25. The Bertz CT molecular complexity index is 445. The normalized spacial score (nSPS) is 19.4. The molecule has 2 rings (SSSR count). The number of anilines is 1. The number of carboxylic acid groups (broad SMARTS) is 1. The molecule has 3 N–H and O–H groups in total. The fourth-order valence-electron chi connectivity index (χ4n) is 1.68. The molecule has 6 nitrogen and oxygen atoms in total. The summed E-state index contributed by atoms with van der Waals surface area (Å²) >= 11 is 1.16. The minimum Gasteiger partial charge on any atom is -0.478 e. The first-order valence-corrected chi connectivity index (χ1v) is 6.00. The second-order valence-corrected chi connectivity index (χ2v) is 4.70. The Morgan fingerprint density at radius 1 is 1.53 bits per heavy atom. The van der Waals surface area contributed by atoms with Crippen molar-refractivity contribution in [2.75, 3.05) is 18.4 Å². The Morgan fingerprint density at radius 2 is 2.29 bits per heavy atom. The van der Waals surface area contributed by atoms with Crippen molar-refractivity contribution in [2.24, 2.45) is 0 Å². The SMILES string of the molecule is O=C(O)c1ccsc1NC(=O)N1CC[C@@H](O)C1. The second-order valence-electron chi connectivity index (χ2n) is 3.79. The number of hydrogen-bond acceptors (Lipinski definition) is 4. The average Bonchev–Trinajstić information content (AvgIpc) is 2.86. The molecule has 0 unspecified atom stereocenters. The van der Waals surface area contributed by atoms with Gasteiger partial charge < -0.3 is 15.1 Å². The topological polar surface area (TPSA) is 89.9 Å². The zero-order valence-corrected chi connectivity index (χ0v) is 9.74. The molecule has 1 aliphatic heterocycles. The predicted molar refractivity (Wildman–Crippen MR) is 62.5 cm³/mol. The summed E-state index contributed by atoms with van der Waals surface area (Å²) in [6.45, 7) is 0.778. The highest BCUT2D eigenvalue weighted by Crippen LogP contribution is 2.24. The Labute approximate surface area is 101 Å². The van der Waals surface area contributed by atoms with Crippen molar-refractivity contribution in [1.82, 2.24) is 4.90 Å². The van der Waals surface area contributed by atoms with Crippen molar-refractivity contribution >= 4 is 28.3 Å². The number of aliphatic hydroxyl groups excluding tert-OH is 1. The third-order valence-electron chi connectivity index (χ3n) is 2.57. The van der Waals surface area contributed by atoms with Gasteiger partial charge in [0, 0.05) is 13.1 Å². The number of nitrogens with zero attached hydrogens (tertiary/aromatic N) is 1. The Kier molecular flexibility index (Phi) is 3.30. The molecule has 7 heteroatoms. The maximum Gasteiger partial charge on any atom is 0.338 e. The van der Waals surface area contributed by atoms with Gasteiger partial charge in [0.25, 0.3) is 0 Å². The molecule has 2 amide bonds. The average molecular weight is 256 g/mol. The van der Waals surface area contributed by atoms with E-state index in [1.54, 1.807) is 5.38 Å². The Morgan fingerprint density at radius 3 is 2.88 bits per heavy atom. The Balaban J connectivity index is 2.03. The monoisotopic (exact) mass is 256 g/mol. The minimum atomic E-state index is -1.07. The number of aliphatic hydroxyl groups is 1. The molecule has 0 spiro atoms. The number of aromatic carboxylic acids is 1. The van der Waals surface area contributed by atoms with Crippen LogP contribution in [0.5, 0.6) is 0 Å². The maximum absolute atomic E-state index is 11.8. The summed E-state index contributed by atoms with van der Waals surface area (Å²) in [5.74, 6) is -1.07. The standard InChI is InChI=1S/C10H12N2O4S/c13-6-1-3-12(5-6)10(16)11-8-7(9(14)15)2-4-17-8/h2,4,6,13H,1,3,5H2,(H,11,16)(H,14,15)/t6-/m1/s1. The largest absolute Gasteiger partial charge is 0.478 e. The number of carbonyl (C=O) groups excluding carboxylic acids is 1. The number of carbonyl (C=O) groups is 2. The summed E-state index contributed by atoms with van der Waals surface area (Å²) in [7, 11) is 0. The molecule has 0 saturated carbocycles. The van der Waals surface area contributed by atoms with E-state index in [0.29, 0.717) is 24.5 Å². The van der Waals surface area contributed by atoms with Gasteiger partial charge >= 0.3 is 12.0 Å².